The van der Waals surface area contributed by atoms with Crippen LogP contribution in [0.15, 0.2) is 23.1 Å². The molecule has 7 heteroatoms. The van der Waals surface area contributed by atoms with Crippen LogP contribution in [0.4, 0.5) is 0 Å². The molecule has 0 saturated heterocycles. The minimum atomic E-state index is -3.49. The molecule has 118 valence electrons. The van der Waals surface area contributed by atoms with Crippen LogP contribution in [0.25, 0.3) is 0 Å². The van der Waals surface area contributed by atoms with E-state index in [4.69, 9.17) is 16.7 Å². The van der Waals surface area contributed by atoms with E-state index in [-0.39, 0.29) is 33.4 Å². The average molecular weight is 334 g/mol. The molecule has 0 bridgehead atoms. The Bertz CT molecular complexity index is 626. The molecule has 1 aromatic carbocycles. The van der Waals surface area contributed by atoms with Gasteiger partial charge in [-0.05, 0) is 30.0 Å². The van der Waals surface area contributed by atoms with Crippen LogP contribution in [0, 0.1) is 5.41 Å². The number of nitrogens with one attached hydrogen (secondary N) is 1. The van der Waals surface area contributed by atoms with Gasteiger partial charge in [0.15, 0.2) is 9.84 Å². The average Bonchev–Trinajstić information content (AvgIpc) is 2.35. The first-order valence-electron chi connectivity index (χ1n) is 6.45. The van der Waals surface area contributed by atoms with Crippen LogP contribution in [0.1, 0.15) is 30.6 Å². The maximum absolute atomic E-state index is 12.1. The Balaban J connectivity index is 2.90. The summed E-state index contributed by atoms with van der Waals surface area (Å²) in [5, 5.41) is 11.8. The number of aliphatic hydroxyl groups is 1. The standard InChI is InChI=1S/C14H20ClNO4S/c1-14(2,6-7-17)9-16-13(18)10-4-5-11(15)12(8-10)21(3,19)20/h4-5,8,17H,6-7,9H2,1-3H3,(H,16,18). The van der Waals surface area contributed by atoms with Gasteiger partial charge in [-0.25, -0.2) is 8.42 Å². The Morgan fingerprint density at radius 2 is 2.00 bits per heavy atom. The molecule has 0 spiro atoms. The number of carbonyl (C=O) groups is 1. The molecule has 1 amide bonds. The third kappa shape index (κ3) is 5.30. The predicted octanol–water partition coefficient (Wildman–Crippen LogP) is 1.88. The van der Waals surface area contributed by atoms with Gasteiger partial charge in [-0.3, -0.25) is 4.79 Å². The van der Waals surface area contributed by atoms with Crippen molar-refractivity contribution in [3.8, 4) is 0 Å². The molecule has 5 nitrogen and oxygen atoms in total. The van der Waals surface area contributed by atoms with Gasteiger partial charge in [0.05, 0.1) is 9.92 Å². The van der Waals surface area contributed by atoms with Crippen molar-refractivity contribution < 1.29 is 18.3 Å². The molecule has 0 aliphatic heterocycles. The van der Waals surface area contributed by atoms with Gasteiger partial charge in [-0.1, -0.05) is 25.4 Å². The lowest BCUT2D eigenvalue weighted by Gasteiger charge is -2.23. The first-order valence-corrected chi connectivity index (χ1v) is 8.72. The van der Waals surface area contributed by atoms with Crippen molar-refractivity contribution in [1.29, 1.82) is 0 Å². The largest absolute Gasteiger partial charge is 0.396 e. The van der Waals surface area contributed by atoms with Gasteiger partial charge >= 0.3 is 0 Å². The molecule has 0 fully saturated rings. The SMILES string of the molecule is CC(C)(CCO)CNC(=O)c1ccc(Cl)c(S(C)(=O)=O)c1. The molecule has 0 radical (unpaired) electrons. The summed E-state index contributed by atoms with van der Waals surface area (Å²) in [7, 11) is -3.49. The Labute approximate surface area is 130 Å². The van der Waals surface area contributed by atoms with E-state index < -0.39 is 9.84 Å². The van der Waals surface area contributed by atoms with Crippen molar-refractivity contribution in [3.05, 3.63) is 28.8 Å². The number of rotatable bonds is 6. The smallest absolute Gasteiger partial charge is 0.251 e. The van der Waals surface area contributed by atoms with Crippen molar-refractivity contribution in [2.24, 2.45) is 5.41 Å². The van der Waals surface area contributed by atoms with Crippen molar-refractivity contribution in [3.63, 3.8) is 0 Å². The number of sulfone groups is 1. The van der Waals surface area contributed by atoms with Gasteiger partial charge in [-0.2, -0.15) is 0 Å². The van der Waals surface area contributed by atoms with Crippen molar-refractivity contribution in [2.45, 2.75) is 25.2 Å². The summed E-state index contributed by atoms with van der Waals surface area (Å²) in [5.41, 5.74) is -0.00382. The molecule has 0 unspecified atom stereocenters. The lowest BCUT2D eigenvalue weighted by Crippen LogP contribution is -2.34. The fourth-order valence-electron chi connectivity index (χ4n) is 1.74. The summed E-state index contributed by atoms with van der Waals surface area (Å²) >= 11 is 5.84. The Hall–Kier alpha value is -1.11. The van der Waals surface area contributed by atoms with Crippen LogP contribution in [-0.2, 0) is 9.84 Å². The van der Waals surface area contributed by atoms with E-state index in [1.807, 2.05) is 13.8 Å². The van der Waals surface area contributed by atoms with E-state index in [9.17, 15) is 13.2 Å². The number of aliphatic hydroxyl groups excluding tert-OH is 1. The Kier molecular flexibility index (Phi) is 5.78. The quantitative estimate of drug-likeness (QED) is 0.832. The number of halogens is 1. The van der Waals surface area contributed by atoms with Crippen LogP contribution in [0.2, 0.25) is 5.02 Å². The zero-order valence-corrected chi connectivity index (χ0v) is 13.9. The van der Waals surface area contributed by atoms with Gasteiger partial charge < -0.3 is 10.4 Å². The van der Waals surface area contributed by atoms with Gasteiger partial charge in [0.2, 0.25) is 0 Å². The number of amides is 1. The zero-order valence-electron chi connectivity index (χ0n) is 12.3. The second-order valence-electron chi connectivity index (χ2n) is 5.74. The summed E-state index contributed by atoms with van der Waals surface area (Å²) in [6.07, 6.45) is 1.60. The van der Waals surface area contributed by atoms with Crippen LogP contribution in [-0.4, -0.2) is 38.8 Å². The highest BCUT2D eigenvalue weighted by Crippen LogP contribution is 2.23. The van der Waals surface area contributed by atoms with Crippen LogP contribution in [0.5, 0.6) is 0 Å². The molecule has 0 saturated carbocycles. The molecule has 0 aliphatic carbocycles. The first-order chi connectivity index (χ1) is 9.57. The van der Waals surface area contributed by atoms with Crippen LogP contribution in [0.3, 0.4) is 0 Å². The van der Waals surface area contributed by atoms with E-state index in [1.165, 1.54) is 18.2 Å². The third-order valence-electron chi connectivity index (χ3n) is 3.11. The van der Waals surface area contributed by atoms with Gasteiger partial charge in [-0.15, -0.1) is 0 Å². The summed E-state index contributed by atoms with van der Waals surface area (Å²) in [4.78, 5) is 12.0. The molecule has 1 aromatic rings. The molecule has 0 heterocycles. The van der Waals surface area contributed by atoms with Gasteiger partial charge in [0, 0.05) is 25.0 Å². The van der Waals surface area contributed by atoms with E-state index in [1.54, 1.807) is 0 Å². The van der Waals surface area contributed by atoms with Crippen molar-refractivity contribution >= 4 is 27.3 Å². The highest BCUT2D eigenvalue weighted by molar-refractivity contribution is 7.90. The van der Waals surface area contributed by atoms with E-state index in [0.29, 0.717) is 13.0 Å². The number of hydrogen-bond acceptors (Lipinski definition) is 4. The lowest BCUT2D eigenvalue weighted by molar-refractivity contribution is 0.0928. The Morgan fingerprint density at radius 1 is 1.38 bits per heavy atom. The fourth-order valence-corrected chi connectivity index (χ4v) is 3.04. The highest BCUT2D eigenvalue weighted by Gasteiger charge is 2.20. The third-order valence-corrected chi connectivity index (χ3v) is 4.69. The highest BCUT2D eigenvalue weighted by atomic mass is 35.5. The van der Waals surface area contributed by atoms with E-state index in [0.717, 1.165) is 6.26 Å². The molecule has 0 aromatic heterocycles. The fraction of sp³-hybridized carbons (Fsp3) is 0.500. The molecule has 21 heavy (non-hydrogen) atoms. The van der Waals surface area contributed by atoms with Crippen LogP contribution >= 0.6 is 11.6 Å². The number of carbonyl (C=O) groups excluding carboxylic acids is 1. The van der Waals surface area contributed by atoms with Crippen LogP contribution < -0.4 is 5.32 Å². The van der Waals surface area contributed by atoms with E-state index >= 15 is 0 Å². The molecule has 0 atom stereocenters. The molecule has 0 aliphatic rings. The molecule has 1 rings (SSSR count). The van der Waals surface area contributed by atoms with E-state index in [2.05, 4.69) is 5.32 Å². The minimum absolute atomic E-state index is 0.0437. The topological polar surface area (TPSA) is 83.5 Å². The number of hydrogen-bond donors (Lipinski definition) is 2. The van der Waals surface area contributed by atoms with Gasteiger partial charge in [0.1, 0.15) is 0 Å². The molecule has 2 N–H and O–H groups in total. The molecular formula is C14H20ClNO4S. The first kappa shape index (κ1) is 17.9. The minimum Gasteiger partial charge on any atom is -0.396 e. The second kappa shape index (κ2) is 6.77. The zero-order chi connectivity index (χ0) is 16.3. The summed E-state index contributed by atoms with van der Waals surface area (Å²) < 4.78 is 23.2. The maximum atomic E-state index is 12.1. The summed E-state index contributed by atoms with van der Waals surface area (Å²) in [6, 6.07) is 4.14. The maximum Gasteiger partial charge on any atom is 0.251 e. The number of benzene rings is 1. The van der Waals surface area contributed by atoms with Gasteiger partial charge in [0.25, 0.3) is 5.91 Å². The normalized spacial score (nSPS) is 12.2. The Morgan fingerprint density at radius 3 is 2.52 bits per heavy atom. The summed E-state index contributed by atoms with van der Waals surface area (Å²) in [5.74, 6) is -0.373. The monoisotopic (exact) mass is 333 g/mol. The second-order valence-corrected chi connectivity index (χ2v) is 8.13. The molecular weight excluding hydrogens is 314 g/mol. The van der Waals surface area contributed by atoms with Crippen molar-refractivity contribution in [1.82, 2.24) is 5.32 Å². The van der Waals surface area contributed by atoms with Crippen molar-refractivity contribution in [2.75, 3.05) is 19.4 Å². The predicted molar refractivity (Wildman–Crippen MR) is 82.4 cm³/mol. The lowest BCUT2D eigenvalue weighted by atomic mass is 9.89. The summed E-state index contributed by atoms with van der Waals surface area (Å²) in [6.45, 7) is 4.27.